The number of amides is 1. The number of hydrogen-bond acceptors (Lipinski definition) is 4. The van der Waals surface area contributed by atoms with Crippen LogP contribution in [0.25, 0.3) is 0 Å². The fourth-order valence-electron chi connectivity index (χ4n) is 2.01. The Labute approximate surface area is 130 Å². The maximum absolute atomic E-state index is 12.4. The number of nitrogens with one attached hydrogen (secondary N) is 1. The molecule has 0 unspecified atom stereocenters. The maximum Gasteiger partial charge on any atom is 0.255 e. The van der Waals surface area contributed by atoms with Crippen molar-refractivity contribution in [2.24, 2.45) is 0 Å². The van der Waals surface area contributed by atoms with Gasteiger partial charge in [0.15, 0.2) is 0 Å². The van der Waals surface area contributed by atoms with Crippen LogP contribution in [0, 0.1) is 0 Å². The standard InChI is InChI=1S/C17H20N4O/c1-3-7-20-16-11-15(12-19-13-16)17(22)21(2)10-6-14-4-8-18-9-5-14/h3-5,8-9,11-13,20H,1,6-7,10H2,2H3. The Balaban J connectivity index is 1.96. The fraction of sp³-hybridized carbons (Fsp3) is 0.235. The van der Waals surface area contributed by atoms with E-state index in [0.717, 1.165) is 17.7 Å². The van der Waals surface area contributed by atoms with Gasteiger partial charge in [0.1, 0.15) is 0 Å². The minimum Gasteiger partial charge on any atom is -0.380 e. The van der Waals surface area contributed by atoms with Crippen LogP contribution in [-0.4, -0.2) is 40.9 Å². The fourth-order valence-corrected chi connectivity index (χ4v) is 2.01. The van der Waals surface area contributed by atoms with Crippen LogP contribution in [0.1, 0.15) is 15.9 Å². The molecule has 0 aromatic carbocycles. The van der Waals surface area contributed by atoms with E-state index in [-0.39, 0.29) is 5.91 Å². The Kier molecular flexibility index (Phi) is 5.65. The number of hydrogen-bond donors (Lipinski definition) is 1. The van der Waals surface area contributed by atoms with Crippen molar-refractivity contribution in [1.82, 2.24) is 14.9 Å². The van der Waals surface area contributed by atoms with Crippen molar-refractivity contribution < 1.29 is 4.79 Å². The average molecular weight is 296 g/mol. The lowest BCUT2D eigenvalue weighted by molar-refractivity contribution is 0.0796. The molecule has 0 saturated heterocycles. The quantitative estimate of drug-likeness (QED) is 0.797. The normalized spacial score (nSPS) is 10.0. The van der Waals surface area contributed by atoms with Crippen molar-refractivity contribution in [3.63, 3.8) is 0 Å². The van der Waals surface area contributed by atoms with E-state index in [1.54, 1.807) is 42.8 Å². The van der Waals surface area contributed by atoms with E-state index >= 15 is 0 Å². The number of rotatable bonds is 7. The van der Waals surface area contributed by atoms with Gasteiger partial charge >= 0.3 is 0 Å². The first-order chi connectivity index (χ1) is 10.7. The Morgan fingerprint density at radius 1 is 1.32 bits per heavy atom. The van der Waals surface area contributed by atoms with Gasteiger partial charge in [-0.3, -0.25) is 14.8 Å². The molecule has 0 atom stereocenters. The molecule has 1 N–H and O–H groups in total. The third kappa shape index (κ3) is 4.41. The summed E-state index contributed by atoms with van der Waals surface area (Å²) in [5.41, 5.74) is 2.55. The second kappa shape index (κ2) is 7.93. The van der Waals surface area contributed by atoms with Crippen LogP contribution in [0.3, 0.4) is 0 Å². The van der Waals surface area contributed by atoms with Gasteiger partial charge in [0.05, 0.1) is 11.3 Å². The molecule has 0 bridgehead atoms. The van der Waals surface area contributed by atoms with Crippen LogP contribution < -0.4 is 5.32 Å². The molecular formula is C17H20N4O. The third-order valence-corrected chi connectivity index (χ3v) is 3.27. The van der Waals surface area contributed by atoms with E-state index in [9.17, 15) is 4.79 Å². The topological polar surface area (TPSA) is 58.1 Å². The predicted octanol–water partition coefficient (Wildman–Crippen LogP) is 2.39. The lowest BCUT2D eigenvalue weighted by atomic mass is 10.2. The van der Waals surface area contributed by atoms with Crippen LogP contribution in [-0.2, 0) is 6.42 Å². The Morgan fingerprint density at radius 2 is 2.09 bits per heavy atom. The molecule has 22 heavy (non-hydrogen) atoms. The van der Waals surface area contributed by atoms with Gasteiger partial charge in [-0.05, 0) is 30.2 Å². The largest absolute Gasteiger partial charge is 0.380 e. The van der Waals surface area contributed by atoms with Gasteiger partial charge < -0.3 is 10.2 Å². The molecule has 114 valence electrons. The zero-order valence-corrected chi connectivity index (χ0v) is 12.7. The Bertz CT molecular complexity index is 628. The van der Waals surface area contributed by atoms with E-state index in [2.05, 4.69) is 21.9 Å². The van der Waals surface area contributed by atoms with Gasteiger partial charge in [-0.15, -0.1) is 6.58 Å². The molecule has 5 nitrogen and oxygen atoms in total. The van der Waals surface area contributed by atoms with Crippen LogP contribution >= 0.6 is 0 Å². The summed E-state index contributed by atoms with van der Waals surface area (Å²) in [6, 6.07) is 5.72. The van der Waals surface area contributed by atoms with Crippen LogP contribution in [0.4, 0.5) is 5.69 Å². The molecule has 0 fully saturated rings. The molecule has 1 amide bonds. The molecule has 0 saturated carbocycles. The van der Waals surface area contributed by atoms with Gasteiger partial charge in [0.25, 0.3) is 5.91 Å². The van der Waals surface area contributed by atoms with Gasteiger partial charge in [0, 0.05) is 44.9 Å². The molecule has 2 heterocycles. The summed E-state index contributed by atoms with van der Waals surface area (Å²) in [4.78, 5) is 22.2. The Hall–Kier alpha value is -2.69. The van der Waals surface area contributed by atoms with Gasteiger partial charge in [-0.2, -0.15) is 0 Å². The number of carbonyl (C=O) groups excluding carboxylic acids is 1. The van der Waals surface area contributed by atoms with Crippen LogP contribution in [0.2, 0.25) is 0 Å². The van der Waals surface area contributed by atoms with Crippen molar-refractivity contribution in [2.75, 3.05) is 25.5 Å². The summed E-state index contributed by atoms with van der Waals surface area (Å²) >= 11 is 0. The molecule has 2 rings (SSSR count). The number of carbonyl (C=O) groups is 1. The van der Waals surface area contributed by atoms with Crippen molar-refractivity contribution in [3.8, 4) is 0 Å². The third-order valence-electron chi connectivity index (χ3n) is 3.27. The molecule has 2 aromatic heterocycles. The van der Waals surface area contributed by atoms with Gasteiger partial charge in [-0.25, -0.2) is 0 Å². The number of nitrogens with zero attached hydrogens (tertiary/aromatic N) is 3. The van der Waals surface area contributed by atoms with Crippen molar-refractivity contribution in [3.05, 3.63) is 66.8 Å². The highest BCUT2D eigenvalue weighted by Gasteiger charge is 2.12. The first kappa shape index (κ1) is 15.7. The summed E-state index contributed by atoms with van der Waals surface area (Å²) in [6.07, 6.45) is 9.36. The number of pyridine rings is 2. The lowest BCUT2D eigenvalue weighted by Crippen LogP contribution is -2.29. The molecule has 0 aliphatic heterocycles. The monoisotopic (exact) mass is 296 g/mol. The number of aromatic nitrogens is 2. The number of anilines is 1. The zero-order chi connectivity index (χ0) is 15.8. The molecule has 5 heteroatoms. The van der Waals surface area contributed by atoms with E-state index in [1.165, 1.54) is 0 Å². The highest BCUT2D eigenvalue weighted by molar-refractivity contribution is 5.94. The van der Waals surface area contributed by atoms with E-state index < -0.39 is 0 Å². The average Bonchev–Trinajstić information content (AvgIpc) is 2.58. The van der Waals surface area contributed by atoms with Gasteiger partial charge in [0.2, 0.25) is 0 Å². The first-order valence-electron chi connectivity index (χ1n) is 7.15. The molecule has 0 radical (unpaired) electrons. The second-order valence-electron chi connectivity index (χ2n) is 4.96. The van der Waals surface area contributed by atoms with Crippen molar-refractivity contribution in [1.29, 1.82) is 0 Å². The minimum atomic E-state index is -0.0381. The lowest BCUT2D eigenvalue weighted by Gasteiger charge is -2.17. The molecule has 0 aliphatic carbocycles. The predicted molar refractivity (Wildman–Crippen MR) is 87.8 cm³/mol. The van der Waals surface area contributed by atoms with Crippen molar-refractivity contribution >= 4 is 11.6 Å². The summed E-state index contributed by atoms with van der Waals surface area (Å²) in [7, 11) is 1.80. The molecular weight excluding hydrogens is 276 g/mol. The maximum atomic E-state index is 12.4. The zero-order valence-electron chi connectivity index (χ0n) is 12.7. The van der Waals surface area contributed by atoms with E-state index in [0.29, 0.717) is 18.7 Å². The van der Waals surface area contributed by atoms with E-state index in [4.69, 9.17) is 0 Å². The second-order valence-corrected chi connectivity index (χ2v) is 4.96. The molecule has 0 aliphatic rings. The summed E-state index contributed by atoms with van der Waals surface area (Å²) in [6.45, 7) is 4.93. The van der Waals surface area contributed by atoms with Crippen molar-refractivity contribution in [2.45, 2.75) is 6.42 Å². The molecule has 0 spiro atoms. The highest BCUT2D eigenvalue weighted by Crippen LogP contribution is 2.10. The van der Waals surface area contributed by atoms with Crippen LogP contribution in [0.5, 0.6) is 0 Å². The number of likely N-dealkylation sites (N-methyl/N-ethyl adjacent to an activating group) is 1. The van der Waals surface area contributed by atoms with Crippen LogP contribution in [0.15, 0.2) is 55.6 Å². The van der Waals surface area contributed by atoms with E-state index in [1.807, 2.05) is 18.2 Å². The highest BCUT2D eigenvalue weighted by atomic mass is 16.2. The summed E-state index contributed by atoms with van der Waals surface area (Å²) in [5.74, 6) is -0.0381. The molecule has 2 aromatic rings. The SMILES string of the molecule is C=CCNc1cncc(C(=O)N(C)CCc2ccncc2)c1. The minimum absolute atomic E-state index is 0.0381. The smallest absolute Gasteiger partial charge is 0.255 e. The summed E-state index contributed by atoms with van der Waals surface area (Å²) in [5, 5.41) is 3.13. The summed E-state index contributed by atoms with van der Waals surface area (Å²) < 4.78 is 0. The first-order valence-corrected chi connectivity index (χ1v) is 7.15. The van der Waals surface area contributed by atoms with Gasteiger partial charge in [-0.1, -0.05) is 6.08 Å². The Morgan fingerprint density at radius 3 is 2.82 bits per heavy atom.